The molecule has 0 amide bonds. The van der Waals surface area contributed by atoms with E-state index in [0.717, 1.165) is 0 Å². The lowest BCUT2D eigenvalue weighted by molar-refractivity contribution is 0.0978. The fraction of sp³-hybridized carbons (Fsp3) is 0.278. The van der Waals surface area contributed by atoms with Gasteiger partial charge < -0.3 is 4.84 Å². The molecule has 4 rings (SSSR count). The lowest BCUT2D eigenvalue weighted by atomic mass is 9.97. The van der Waals surface area contributed by atoms with Crippen molar-refractivity contribution >= 4 is 44.5 Å². The highest BCUT2D eigenvalue weighted by molar-refractivity contribution is 7.91. The van der Waals surface area contributed by atoms with E-state index < -0.39 is 20.9 Å². The first-order chi connectivity index (χ1) is 12.8. The molecule has 2 aliphatic rings. The molecule has 2 unspecified atom stereocenters. The Morgan fingerprint density at radius 2 is 2.00 bits per heavy atom. The number of carbonyl (C=O) groups is 1. The molecule has 1 aromatic carbocycles. The minimum Gasteiger partial charge on any atom is -0.392 e. The number of hydrogen-bond donors (Lipinski definition) is 0. The number of Topliss-reactive ketones (excluding diaryl/α,β-unsaturated/α-hetero) is 1. The second-order valence-corrected chi connectivity index (χ2v) is 9.42. The molecule has 0 saturated heterocycles. The summed E-state index contributed by atoms with van der Waals surface area (Å²) in [6.45, 7) is 1.85. The van der Waals surface area contributed by atoms with Crippen LogP contribution in [0.25, 0.3) is 0 Å². The van der Waals surface area contributed by atoms with Crippen molar-refractivity contribution in [2.75, 3.05) is 0 Å². The molecular formula is C18H14Cl2N2O4S. The molecule has 9 heteroatoms. The van der Waals surface area contributed by atoms with Crippen molar-refractivity contribution in [3.63, 3.8) is 0 Å². The number of aromatic nitrogens is 1. The zero-order valence-corrected chi connectivity index (χ0v) is 16.5. The SMILES string of the molecule is CC1CC(c2c(Cl)ccc(C3C(=O)c4ncccc4CS3(=O)=O)c2Cl)=NO1. The molecule has 27 heavy (non-hydrogen) atoms. The summed E-state index contributed by atoms with van der Waals surface area (Å²) in [5.74, 6) is -0.868. The summed E-state index contributed by atoms with van der Waals surface area (Å²) in [4.78, 5) is 22.2. The molecule has 0 aliphatic carbocycles. The first-order valence-corrected chi connectivity index (χ1v) is 10.7. The minimum atomic E-state index is -3.81. The second kappa shape index (κ2) is 6.58. The number of pyridine rings is 1. The van der Waals surface area contributed by atoms with E-state index in [4.69, 9.17) is 28.0 Å². The van der Waals surface area contributed by atoms with Gasteiger partial charge >= 0.3 is 0 Å². The zero-order chi connectivity index (χ0) is 19.3. The molecule has 2 aliphatic heterocycles. The Kier molecular flexibility index (Phi) is 4.49. The van der Waals surface area contributed by atoms with Gasteiger partial charge in [-0.25, -0.2) is 8.42 Å². The number of oxime groups is 1. The standard InChI is InChI=1S/C18H14Cl2N2O4S/c1-9-7-13(22-26-9)14-12(19)5-4-11(15(14)20)18-17(23)16-10(3-2-6-21-16)8-27(18,24)25/h2-6,9,18H,7-8H2,1H3. The van der Waals surface area contributed by atoms with E-state index in [1.165, 1.54) is 18.3 Å². The van der Waals surface area contributed by atoms with Crippen LogP contribution in [0.5, 0.6) is 0 Å². The summed E-state index contributed by atoms with van der Waals surface area (Å²) in [6, 6.07) is 6.20. The number of rotatable bonds is 2. The van der Waals surface area contributed by atoms with Crippen LogP contribution in [0, 0.1) is 0 Å². The van der Waals surface area contributed by atoms with E-state index in [1.807, 2.05) is 6.92 Å². The predicted molar refractivity (Wildman–Crippen MR) is 102 cm³/mol. The topological polar surface area (TPSA) is 85.7 Å². The summed E-state index contributed by atoms with van der Waals surface area (Å²) in [6.07, 6.45) is 1.82. The molecule has 6 nitrogen and oxygen atoms in total. The molecule has 0 bridgehead atoms. The highest BCUT2D eigenvalue weighted by Gasteiger charge is 2.43. The third-order valence-electron chi connectivity index (χ3n) is 4.59. The average Bonchev–Trinajstić information content (AvgIpc) is 3.02. The van der Waals surface area contributed by atoms with Crippen LogP contribution < -0.4 is 0 Å². The summed E-state index contributed by atoms with van der Waals surface area (Å²) in [5, 5.41) is 2.98. The van der Waals surface area contributed by atoms with Gasteiger partial charge in [0.05, 0.1) is 21.5 Å². The lowest BCUT2D eigenvalue weighted by Gasteiger charge is -2.24. The van der Waals surface area contributed by atoms with Crippen LogP contribution >= 0.6 is 23.2 Å². The number of carbonyl (C=O) groups excluding carboxylic acids is 1. The highest BCUT2D eigenvalue weighted by atomic mass is 35.5. The van der Waals surface area contributed by atoms with Crippen LogP contribution in [0.1, 0.15) is 45.8 Å². The molecular weight excluding hydrogens is 411 g/mol. The number of hydrogen-bond acceptors (Lipinski definition) is 6. The smallest absolute Gasteiger partial charge is 0.204 e. The van der Waals surface area contributed by atoms with Crippen molar-refractivity contribution in [2.24, 2.45) is 5.16 Å². The summed E-state index contributed by atoms with van der Waals surface area (Å²) < 4.78 is 25.8. The Balaban J connectivity index is 1.88. The van der Waals surface area contributed by atoms with E-state index in [-0.39, 0.29) is 28.1 Å². The second-order valence-electron chi connectivity index (χ2n) is 6.55. The van der Waals surface area contributed by atoms with Gasteiger partial charge in [-0.2, -0.15) is 0 Å². The number of fused-ring (bicyclic) bond motifs is 1. The fourth-order valence-corrected chi connectivity index (χ4v) is 6.00. The van der Waals surface area contributed by atoms with Crippen LogP contribution in [-0.4, -0.2) is 31.0 Å². The molecule has 0 fully saturated rings. The fourth-order valence-electron chi connectivity index (χ4n) is 3.38. The van der Waals surface area contributed by atoms with E-state index >= 15 is 0 Å². The maximum Gasteiger partial charge on any atom is 0.204 e. The van der Waals surface area contributed by atoms with Gasteiger partial charge in [-0.05, 0) is 30.2 Å². The predicted octanol–water partition coefficient (Wildman–Crippen LogP) is 3.75. The zero-order valence-electron chi connectivity index (χ0n) is 14.1. The van der Waals surface area contributed by atoms with Gasteiger partial charge in [0.1, 0.15) is 11.8 Å². The normalized spacial score (nSPS) is 23.5. The quantitative estimate of drug-likeness (QED) is 0.732. The van der Waals surface area contributed by atoms with Crippen molar-refractivity contribution in [2.45, 2.75) is 30.5 Å². The first kappa shape index (κ1) is 18.4. The van der Waals surface area contributed by atoms with Gasteiger partial charge in [-0.3, -0.25) is 9.78 Å². The third-order valence-corrected chi connectivity index (χ3v) is 7.22. The van der Waals surface area contributed by atoms with E-state index in [1.54, 1.807) is 12.1 Å². The molecule has 0 spiro atoms. The molecule has 0 saturated carbocycles. The summed E-state index contributed by atoms with van der Waals surface area (Å²) in [7, 11) is -3.81. The Morgan fingerprint density at radius 1 is 1.22 bits per heavy atom. The van der Waals surface area contributed by atoms with Gasteiger partial charge in [0, 0.05) is 18.2 Å². The van der Waals surface area contributed by atoms with E-state index in [0.29, 0.717) is 28.3 Å². The van der Waals surface area contributed by atoms with Crippen LogP contribution in [0.2, 0.25) is 10.0 Å². The third kappa shape index (κ3) is 3.03. The maximum absolute atomic E-state index is 13.0. The molecule has 0 N–H and O–H groups in total. The number of halogens is 2. The molecule has 1 aromatic heterocycles. The van der Waals surface area contributed by atoms with E-state index in [9.17, 15) is 13.2 Å². The van der Waals surface area contributed by atoms with Crippen molar-refractivity contribution < 1.29 is 18.0 Å². The van der Waals surface area contributed by atoms with Crippen LogP contribution in [0.4, 0.5) is 0 Å². The Hall–Kier alpha value is -1.96. The molecule has 0 radical (unpaired) electrons. The number of nitrogens with zero attached hydrogens (tertiary/aromatic N) is 2. The highest BCUT2D eigenvalue weighted by Crippen LogP contribution is 2.41. The molecule has 3 heterocycles. The Bertz CT molecular complexity index is 1100. The summed E-state index contributed by atoms with van der Waals surface area (Å²) in [5.41, 5.74) is 1.65. The average molecular weight is 425 g/mol. The lowest BCUT2D eigenvalue weighted by Crippen LogP contribution is -2.31. The van der Waals surface area contributed by atoms with Crippen molar-refractivity contribution in [1.29, 1.82) is 0 Å². The van der Waals surface area contributed by atoms with E-state index in [2.05, 4.69) is 10.1 Å². The molecule has 2 atom stereocenters. The molecule has 140 valence electrons. The van der Waals surface area contributed by atoms with Gasteiger partial charge in [0.25, 0.3) is 0 Å². The monoisotopic (exact) mass is 424 g/mol. The Labute approximate surface area is 166 Å². The first-order valence-electron chi connectivity index (χ1n) is 8.20. The van der Waals surface area contributed by atoms with Crippen LogP contribution in [0.3, 0.4) is 0 Å². The minimum absolute atomic E-state index is 0.0975. The number of sulfone groups is 1. The van der Waals surface area contributed by atoms with Crippen molar-refractivity contribution in [3.8, 4) is 0 Å². The van der Waals surface area contributed by atoms with Gasteiger partial charge in [0.15, 0.2) is 15.1 Å². The van der Waals surface area contributed by atoms with Crippen LogP contribution in [0.15, 0.2) is 35.6 Å². The summed E-state index contributed by atoms with van der Waals surface area (Å²) >= 11 is 12.8. The Morgan fingerprint density at radius 3 is 2.70 bits per heavy atom. The van der Waals surface area contributed by atoms with Crippen molar-refractivity contribution in [3.05, 3.63) is 62.9 Å². The van der Waals surface area contributed by atoms with Crippen LogP contribution in [-0.2, 0) is 20.4 Å². The largest absolute Gasteiger partial charge is 0.392 e. The van der Waals surface area contributed by atoms with Gasteiger partial charge in [-0.15, -0.1) is 0 Å². The maximum atomic E-state index is 13.0. The molecule has 2 aromatic rings. The number of benzene rings is 1. The van der Waals surface area contributed by atoms with Crippen molar-refractivity contribution in [1.82, 2.24) is 4.98 Å². The van der Waals surface area contributed by atoms with Gasteiger partial charge in [0.2, 0.25) is 5.78 Å². The number of ketones is 1. The van der Waals surface area contributed by atoms with Gasteiger partial charge in [-0.1, -0.05) is 40.5 Å².